The number of hydrogen-bond acceptors (Lipinski definition) is 9. The number of para-hydroxylation sites is 2. The quantitative estimate of drug-likeness (QED) is 0.357. The minimum atomic E-state index is -0.705. The van der Waals surface area contributed by atoms with E-state index in [2.05, 4.69) is 15.5 Å². The molecule has 3 N–H and O–H groups in total. The molecule has 0 atom stereocenters. The highest BCUT2D eigenvalue weighted by atomic mass is 32.1. The lowest BCUT2D eigenvalue weighted by atomic mass is 10.3. The van der Waals surface area contributed by atoms with Crippen LogP contribution < -0.4 is 11.2 Å². The lowest BCUT2D eigenvalue weighted by Gasteiger charge is -2.05. The molecule has 10 heteroatoms. The molecular formula is C13H13N5O4S. The predicted molar refractivity (Wildman–Crippen MR) is 86.4 cm³/mol. The van der Waals surface area contributed by atoms with E-state index in [-0.39, 0.29) is 34.5 Å². The van der Waals surface area contributed by atoms with E-state index in [0.29, 0.717) is 0 Å². The number of carbonyl (C=O) groups is 1. The Morgan fingerprint density at radius 2 is 2.26 bits per heavy atom. The molecule has 23 heavy (non-hydrogen) atoms. The van der Waals surface area contributed by atoms with Crippen LogP contribution in [-0.4, -0.2) is 28.2 Å². The van der Waals surface area contributed by atoms with Gasteiger partial charge in [-0.15, -0.1) is 11.3 Å². The summed E-state index contributed by atoms with van der Waals surface area (Å²) < 4.78 is 4.91. The van der Waals surface area contributed by atoms with Gasteiger partial charge in [0, 0.05) is 11.4 Å². The number of nitrogens with zero attached hydrogens (tertiary/aromatic N) is 3. The Labute approximate surface area is 134 Å². The number of benzene rings is 1. The number of nitro benzene ring substituents is 1. The molecule has 0 fully saturated rings. The van der Waals surface area contributed by atoms with Crippen molar-refractivity contribution in [2.45, 2.75) is 6.92 Å². The number of thiazole rings is 1. The lowest BCUT2D eigenvalue weighted by Crippen LogP contribution is -2.20. The molecule has 0 unspecified atom stereocenters. The minimum absolute atomic E-state index is 0.113. The van der Waals surface area contributed by atoms with Crippen molar-refractivity contribution in [3.63, 3.8) is 0 Å². The number of nitrogen functional groups attached to an aromatic ring is 1. The molecule has 1 heterocycles. The van der Waals surface area contributed by atoms with E-state index in [1.165, 1.54) is 18.2 Å². The number of rotatable bonds is 6. The number of nitro groups is 1. The molecule has 0 radical (unpaired) electrons. The predicted octanol–water partition coefficient (Wildman–Crippen LogP) is 2.01. The molecule has 0 amide bonds. The monoisotopic (exact) mass is 335 g/mol. The van der Waals surface area contributed by atoms with Gasteiger partial charge in [0.25, 0.3) is 5.69 Å². The van der Waals surface area contributed by atoms with Crippen molar-refractivity contribution in [3.8, 4) is 0 Å². The largest absolute Gasteiger partial charge is 0.461 e. The average Bonchev–Trinajstić information content (AvgIpc) is 2.94. The third-order valence-electron chi connectivity index (χ3n) is 2.62. The van der Waals surface area contributed by atoms with Crippen molar-refractivity contribution >= 4 is 39.5 Å². The maximum absolute atomic E-state index is 12.0. The van der Waals surface area contributed by atoms with Crippen LogP contribution in [0, 0.1) is 10.1 Å². The number of nitrogens with one attached hydrogen (secondary N) is 1. The summed E-state index contributed by atoms with van der Waals surface area (Å²) in [5.41, 5.74) is 8.16. The molecule has 0 aliphatic heterocycles. The number of aromatic nitrogens is 1. The maximum atomic E-state index is 12.0. The average molecular weight is 335 g/mol. The summed E-state index contributed by atoms with van der Waals surface area (Å²) in [6.45, 7) is 1.81. The summed E-state index contributed by atoms with van der Waals surface area (Å²) >= 11 is 1.14. The molecule has 0 aliphatic rings. The molecule has 2 aromatic rings. The summed E-state index contributed by atoms with van der Waals surface area (Å²) in [4.78, 5) is 26.4. The van der Waals surface area contributed by atoms with Gasteiger partial charge >= 0.3 is 5.97 Å². The second kappa shape index (κ2) is 7.31. The fourth-order valence-electron chi connectivity index (χ4n) is 1.65. The highest BCUT2D eigenvalue weighted by Crippen LogP contribution is 2.23. The zero-order valence-electron chi connectivity index (χ0n) is 12.1. The van der Waals surface area contributed by atoms with E-state index >= 15 is 0 Å². The molecule has 0 spiro atoms. The number of esters is 1. The van der Waals surface area contributed by atoms with Crippen LogP contribution in [0.2, 0.25) is 0 Å². The summed E-state index contributed by atoms with van der Waals surface area (Å²) in [7, 11) is 0. The molecular weight excluding hydrogens is 322 g/mol. The maximum Gasteiger partial charge on any atom is 0.361 e. The third-order valence-corrected chi connectivity index (χ3v) is 3.30. The highest BCUT2D eigenvalue weighted by molar-refractivity contribution is 7.13. The molecule has 1 aromatic heterocycles. The normalized spacial score (nSPS) is 11.1. The smallest absolute Gasteiger partial charge is 0.361 e. The molecule has 0 bridgehead atoms. The van der Waals surface area contributed by atoms with Gasteiger partial charge in [-0.2, -0.15) is 5.10 Å². The van der Waals surface area contributed by atoms with Crippen LogP contribution in [0.3, 0.4) is 0 Å². The van der Waals surface area contributed by atoms with Crippen LogP contribution in [0.1, 0.15) is 12.6 Å². The first kappa shape index (κ1) is 16.4. The Balaban J connectivity index is 2.35. The van der Waals surface area contributed by atoms with Gasteiger partial charge in [0.1, 0.15) is 11.4 Å². The number of nitrogens with two attached hydrogens (primary N) is 1. The highest BCUT2D eigenvalue weighted by Gasteiger charge is 2.20. The molecule has 0 saturated carbocycles. The minimum Gasteiger partial charge on any atom is -0.461 e. The first-order valence-electron chi connectivity index (χ1n) is 6.48. The van der Waals surface area contributed by atoms with E-state index < -0.39 is 10.9 Å². The first-order chi connectivity index (χ1) is 11.0. The second-order valence-corrected chi connectivity index (χ2v) is 5.03. The van der Waals surface area contributed by atoms with Crippen molar-refractivity contribution in [1.82, 2.24) is 4.98 Å². The van der Waals surface area contributed by atoms with E-state index in [0.717, 1.165) is 11.3 Å². The van der Waals surface area contributed by atoms with Gasteiger partial charge in [-0.05, 0) is 13.0 Å². The fourth-order valence-corrected chi connectivity index (χ4v) is 2.19. The standard InChI is InChI=1S/C13H13N5O4S/c1-2-22-12(19)11(9-7-23-13(14)15-9)17-16-8-5-3-4-6-10(8)18(20)21/h3-7,16H,2H2,1H3,(H2,14,15)/b17-11-. The molecule has 120 valence electrons. The fraction of sp³-hybridized carbons (Fsp3) is 0.154. The van der Waals surface area contributed by atoms with Crippen molar-refractivity contribution < 1.29 is 14.5 Å². The Morgan fingerprint density at radius 1 is 1.52 bits per heavy atom. The topological polar surface area (TPSA) is 133 Å². The van der Waals surface area contributed by atoms with E-state index in [1.807, 2.05) is 0 Å². The van der Waals surface area contributed by atoms with Crippen LogP contribution >= 0.6 is 11.3 Å². The van der Waals surface area contributed by atoms with Crippen LogP contribution in [0.4, 0.5) is 16.5 Å². The van der Waals surface area contributed by atoms with Gasteiger partial charge in [0.05, 0.1) is 11.5 Å². The number of hydrazone groups is 1. The SMILES string of the molecule is CCOC(=O)/C(=N\Nc1ccccc1[N+](=O)[O-])c1csc(N)n1. The lowest BCUT2D eigenvalue weighted by molar-refractivity contribution is -0.384. The van der Waals surface area contributed by atoms with E-state index in [4.69, 9.17) is 10.5 Å². The van der Waals surface area contributed by atoms with Gasteiger partial charge in [0.15, 0.2) is 10.8 Å². The van der Waals surface area contributed by atoms with Gasteiger partial charge in [-0.1, -0.05) is 12.1 Å². The van der Waals surface area contributed by atoms with Crippen molar-refractivity contribution in [2.24, 2.45) is 5.10 Å². The second-order valence-electron chi connectivity index (χ2n) is 4.14. The number of anilines is 2. The Hall–Kier alpha value is -3.01. The van der Waals surface area contributed by atoms with Crippen molar-refractivity contribution in [2.75, 3.05) is 17.8 Å². The van der Waals surface area contributed by atoms with E-state index in [1.54, 1.807) is 18.4 Å². The van der Waals surface area contributed by atoms with Crippen LogP contribution in [-0.2, 0) is 9.53 Å². The zero-order valence-corrected chi connectivity index (χ0v) is 12.9. The van der Waals surface area contributed by atoms with Gasteiger partial charge in [-0.3, -0.25) is 15.5 Å². The first-order valence-corrected chi connectivity index (χ1v) is 7.36. The molecule has 1 aromatic carbocycles. The number of carbonyl (C=O) groups excluding carboxylic acids is 1. The van der Waals surface area contributed by atoms with Gasteiger partial charge < -0.3 is 10.5 Å². The Morgan fingerprint density at radius 3 is 2.87 bits per heavy atom. The van der Waals surface area contributed by atoms with Crippen LogP contribution in [0.15, 0.2) is 34.7 Å². The van der Waals surface area contributed by atoms with Crippen molar-refractivity contribution in [1.29, 1.82) is 0 Å². The van der Waals surface area contributed by atoms with E-state index in [9.17, 15) is 14.9 Å². The molecule has 2 rings (SSSR count). The van der Waals surface area contributed by atoms with Crippen molar-refractivity contribution in [3.05, 3.63) is 45.5 Å². The Bertz CT molecular complexity index is 758. The summed E-state index contributed by atoms with van der Waals surface area (Å²) in [5.74, 6) is -0.705. The summed E-state index contributed by atoms with van der Waals surface area (Å²) in [5, 5.41) is 16.7. The molecule has 0 saturated heterocycles. The van der Waals surface area contributed by atoms with Gasteiger partial charge in [-0.25, -0.2) is 9.78 Å². The zero-order chi connectivity index (χ0) is 16.8. The summed E-state index contributed by atoms with van der Waals surface area (Å²) in [6.07, 6.45) is 0. The summed E-state index contributed by atoms with van der Waals surface area (Å²) in [6, 6.07) is 5.93. The number of ether oxygens (including phenoxy) is 1. The third kappa shape index (κ3) is 4.01. The van der Waals surface area contributed by atoms with Crippen LogP contribution in [0.5, 0.6) is 0 Å². The van der Waals surface area contributed by atoms with Crippen LogP contribution in [0.25, 0.3) is 0 Å². The number of hydrogen-bond donors (Lipinski definition) is 2. The molecule has 9 nitrogen and oxygen atoms in total. The molecule has 0 aliphatic carbocycles. The Kier molecular flexibility index (Phi) is 5.20. The van der Waals surface area contributed by atoms with Gasteiger partial charge in [0.2, 0.25) is 0 Å².